The Hall–Kier alpha value is -0.440. The summed E-state index contributed by atoms with van der Waals surface area (Å²) >= 11 is 4.59. The fraction of sp³-hybridized carbons (Fsp3) is 0.615. The van der Waals surface area contributed by atoms with Crippen LogP contribution in [-0.4, -0.2) is 36.9 Å². The van der Waals surface area contributed by atoms with Crippen molar-refractivity contribution in [3.8, 4) is 0 Å². The van der Waals surface area contributed by atoms with Gasteiger partial charge in [0.2, 0.25) is 0 Å². The maximum atomic E-state index is 12.6. The van der Waals surface area contributed by atoms with Crippen molar-refractivity contribution >= 4 is 43.3 Å². The highest BCUT2D eigenvalue weighted by molar-refractivity contribution is 9.10. The number of hydrogen-bond acceptors (Lipinski definition) is 4. The third-order valence-corrected chi connectivity index (χ3v) is 8.30. The number of aliphatic carboxylic acids is 1. The molecule has 0 amide bonds. The van der Waals surface area contributed by atoms with Crippen LogP contribution in [0.25, 0.3) is 0 Å². The Balaban J connectivity index is 2.01. The standard InChI is InChI=1S/C13H18BrNO4S2/c1-9-8-11(14)13(20-9)21(18,19)15-6-4-10(5-7-15)2-3-12(16)17/h8,10H,2-7H2,1H3,(H,16,17). The van der Waals surface area contributed by atoms with Gasteiger partial charge in [-0.15, -0.1) is 11.3 Å². The number of carbonyl (C=O) groups is 1. The molecule has 2 heterocycles. The molecule has 1 fully saturated rings. The summed E-state index contributed by atoms with van der Waals surface area (Å²) in [5, 5.41) is 8.70. The van der Waals surface area contributed by atoms with Crippen molar-refractivity contribution in [1.29, 1.82) is 0 Å². The first-order valence-electron chi connectivity index (χ1n) is 6.78. The van der Waals surface area contributed by atoms with E-state index in [2.05, 4.69) is 15.9 Å². The van der Waals surface area contributed by atoms with Gasteiger partial charge in [0, 0.05) is 28.9 Å². The Kier molecular flexibility index (Phi) is 5.45. The van der Waals surface area contributed by atoms with Gasteiger partial charge in [0.15, 0.2) is 0 Å². The lowest BCUT2D eigenvalue weighted by molar-refractivity contribution is -0.137. The second-order valence-electron chi connectivity index (χ2n) is 5.27. The quantitative estimate of drug-likeness (QED) is 0.830. The van der Waals surface area contributed by atoms with E-state index in [9.17, 15) is 13.2 Å². The normalized spacial score (nSPS) is 18.0. The third-order valence-electron chi connectivity index (χ3n) is 3.69. The SMILES string of the molecule is Cc1cc(Br)c(S(=O)(=O)N2CCC(CCC(=O)O)CC2)s1. The predicted octanol–water partition coefficient (Wildman–Crippen LogP) is 3.08. The lowest BCUT2D eigenvalue weighted by Gasteiger charge is -2.30. The zero-order valence-corrected chi connectivity index (χ0v) is 14.9. The van der Waals surface area contributed by atoms with Crippen LogP contribution in [0, 0.1) is 12.8 Å². The summed E-state index contributed by atoms with van der Waals surface area (Å²) in [5.74, 6) is -0.482. The largest absolute Gasteiger partial charge is 0.481 e. The van der Waals surface area contributed by atoms with Crippen LogP contribution in [0.1, 0.15) is 30.6 Å². The number of halogens is 1. The number of carboxylic acid groups (broad SMARTS) is 1. The van der Waals surface area contributed by atoms with E-state index in [-0.39, 0.29) is 6.42 Å². The summed E-state index contributed by atoms with van der Waals surface area (Å²) in [6.45, 7) is 2.82. The summed E-state index contributed by atoms with van der Waals surface area (Å²) in [6, 6.07) is 1.82. The number of sulfonamides is 1. The van der Waals surface area contributed by atoms with Gasteiger partial charge in [-0.1, -0.05) is 0 Å². The Morgan fingerprint density at radius 3 is 2.57 bits per heavy atom. The van der Waals surface area contributed by atoms with Crippen molar-refractivity contribution in [1.82, 2.24) is 4.31 Å². The summed E-state index contributed by atoms with van der Waals surface area (Å²) in [7, 11) is -3.44. The highest BCUT2D eigenvalue weighted by Crippen LogP contribution is 2.35. The highest BCUT2D eigenvalue weighted by atomic mass is 79.9. The summed E-state index contributed by atoms with van der Waals surface area (Å²) < 4.78 is 27.7. The van der Waals surface area contributed by atoms with E-state index in [0.29, 0.717) is 34.1 Å². The molecule has 118 valence electrons. The van der Waals surface area contributed by atoms with E-state index in [4.69, 9.17) is 5.11 Å². The van der Waals surface area contributed by atoms with Crippen LogP contribution in [0.15, 0.2) is 14.7 Å². The average Bonchev–Trinajstić information content (AvgIpc) is 2.76. The molecule has 0 spiro atoms. The number of nitrogens with zero attached hydrogens (tertiary/aromatic N) is 1. The number of aryl methyl sites for hydroxylation is 1. The lowest BCUT2D eigenvalue weighted by Crippen LogP contribution is -2.38. The maximum Gasteiger partial charge on any atom is 0.303 e. The zero-order valence-electron chi connectivity index (χ0n) is 11.7. The van der Waals surface area contributed by atoms with Gasteiger partial charge in [-0.2, -0.15) is 4.31 Å². The molecule has 1 aromatic heterocycles. The van der Waals surface area contributed by atoms with Crippen LogP contribution in [0.2, 0.25) is 0 Å². The number of carboxylic acids is 1. The maximum absolute atomic E-state index is 12.6. The van der Waals surface area contributed by atoms with Crippen molar-refractivity contribution in [2.75, 3.05) is 13.1 Å². The monoisotopic (exact) mass is 395 g/mol. The van der Waals surface area contributed by atoms with Crippen molar-refractivity contribution in [2.45, 2.75) is 36.8 Å². The zero-order chi connectivity index (χ0) is 15.6. The molecule has 1 aliphatic heterocycles. The molecule has 0 saturated carbocycles. The van der Waals surface area contributed by atoms with E-state index >= 15 is 0 Å². The minimum Gasteiger partial charge on any atom is -0.481 e. The van der Waals surface area contributed by atoms with E-state index in [1.807, 2.05) is 13.0 Å². The van der Waals surface area contributed by atoms with E-state index in [1.54, 1.807) is 0 Å². The number of thiophene rings is 1. The van der Waals surface area contributed by atoms with Crippen LogP contribution in [0.3, 0.4) is 0 Å². The van der Waals surface area contributed by atoms with Crippen molar-refractivity contribution in [2.24, 2.45) is 5.92 Å². The second kappa shape index (κ2) is 6.76. The topological polar surface area (TPSA) is 74.7 Å². The van der Waals surface area contributed by atoms with E-state index in [0.717, 1.165) is 17.7 Å². The molecule has 0 atom stereocenters. The van der Waals surface area contributed by atoms with Gasteiger partial charge in [-0.3, -0.25) is 4.79 Å². The van der Waals surface area contributed by atoms with Crippen molar-refractivity contribution < 1.29 is 18.3 Å². The lowest BCUT2D eigenvalue weighted by atomic mass is 9.93. The molecule has 1 saturated heterocycles. The van der Waals surface area contributed by atoms with Gasteiger partial charge in [0.1, 0.15) is 4.21 Å². The molecule has 0 radical (unpaired) electrons. The van der Waals surface area contributed by atoms with Gasteiger partial charge in [-0.25, -0.2) is 8.42 Å². The predicted molar refractivity (Wildman–Crippen MR) is 85.1 cm³/mol. The van der Waals surface area contributed by atoms with Crippen molar-refractivity contribution in [3.05, 3.63) is 15.4 Å². The number of rotatable bonds is 5. The molecule has 0 unspecified atom stereocenters. The summed E-state index contributed by atoms with van der Waals surface area (Å²) in [6.07, 6.45) is 2.25. The highest BCUT2D eigenvalue weighted by Gasteiger charge is 2.32. The Labute approximate surface area is 137 Å². The molecule has 1 N–H and O–H groups in total. The van der Waals surface area contributed by atoms with Crippen LogP contribution in [-0.2, 0) is 14.8 Å². The van der Waals surface area contributed by atoms with Gasteiger partial charge in [0.25, 0.3) is 10.0 Å². The van der Waals surface area contributed by atoms with Crippen LogP contribution in [0.5, 0.6) is 0 Å². The molecule has 1 aliphatic rings. The molecular weight excluding hydrogens is 378 g/mol. The molecule has 5 nitrogen and oxygen atoms in total. The fourth-order valence-corrected chi connectivity index (χ4v) is 6.86. The molecule has 0 aliphatic carbocycles. The van der Waals surface area contributed by atoms with Crippen LogP contribution >= 0.6 is 27.3 Å². The first kappa shape index (κ1) is 16.9. The molecule has 0 aromatic carbocycles. The Morgan fingerprint density at radius 2 is 2.10 bits per heavy atom. The van der Waals surface area contributed by atoms with Crippen molar-refractivity contribution in [3.63, 3.8) is 0 Å². The summed E-state index contributed by atoms with van der Waals surface area (Å²) in [4.78, 5) is 11.5. The minimum absolute atomic E-state index is 0.160. The Bertz CT molecular complexity index is 618. The second-order valence-corrected chi connectivity index (χ2v) is 9.52. The number of hydrogen-bond donors (Lipinski definition) is 1. The minimum atomic E-state index is -3.44. The molecule has 2 rings (SSSR count). The average molecular weight is 396 g/mol. The molecule has 8 heteroatoms. The van der Waals surface area contributed by atoms with Crippen LogP contribution in [0.4, 0.5) is 0 Å². The smallest absolute Gasteiger partial charge is 0.303 e. The first-order chi connectivity index (χ1) is 9.80. The molecule has 0 bridgehead atoms. The molecular formula is C13H18BrNO4S2. The van der Waals surface area contributed by atoms with Gasteiger partial charge < -0.3 is 5.11 Å². The van der Waals surface area contributed by atoms with E-state index in [1.165, 1.54) is 15.6 Å². The first-order valence-corrected chi connectivity index (χ1v) is 9.83. The van der Waals surface area contributed by atoms with E-state index < -0.39 is 16.0 Å². The third kappa shape index (κ3) is 4.06. The Morgan fingerprint density at radius 1 is 1.48 bits per heavy atom. The van der Waals surface area contributed by atoms with Crippen LogP contribution < -0.4 is 0 Å². The molecule has 1 aromatic rings. The molecule has 21 heavy (non-hydrogen) atoms. The number of piperidine rings is 1. The summed E-state index contributed by atoms with van der Waals surface area (Å²) in [5.41, 5.74) is 0. The fourth-order valence-electron chi connectivity index (χ4n) is 2.52. The van der Waals surface area contributed by atoms with Gasteiger partial charge >= 0.3 is 5.97 Å². The van der Waals surface area contributed by atoms with Gasteiger partial charge in [-0.05, 0) is 54.1 Å². The van der Waals surface area contributed by atoms with Gasteiger partial charge in [0.05, 0.1) is 0 Å².